The van der Waals surface area contributed by atoms with Crippen molar-refractivity contribution in [2.75, 3.05) is 21.3 Å². The summed E-state index contributed by atoms with van der Waals surface area (Å²) in [5.41, 5.74) is 2.56. The number of methoxy groups -OCH3 is 3. The fourth-order valence-electron chi connectivity index (χ4n) is 3.44. The molecule has 0 spiro atoms. The summed E-state index contributed by atoms with van der Waals surface area (Å²) in [4.78, 5) is 16.3. The largest absolute Gasteiger partial charge is 1.00 e. The Morgan fingerprint density at radius 1 is 0.931 bits per heavy atom. The van der Waals surface area contributed by atoms with Crippen molar-refractivity contribution in [1.29, 1.82) is 0 Å². The smallest absolute Gasteiger partial charge is 0.227 e. The number of carbonyl (C=O) groups is 1. The Labute approximate surface area is 178 Å². The van der Waals surface area contributed by atoms with Crippen LogP contribution < -0.4 is 35.8 Å². The minimum Gasteiger partial charge on any atom is -1.00 e. The third-order valence-corrected chi connectivity index (χ3v) is 4.82. The maximum atomic E-state index is 12.9. The maximum Gasteiger partial charge on any atom is 0.227 e. The Bertz CT molecular complexity index is 1160. The van der Waals surface area contributed by atoms with E-state index in [2.05, 4.69) is 11.1 Å². The van der Waals surface area contributed by atoms with Crippen molar-refractivity contribution in [3.63, 3.8) is 0 Å². The number of rotatable bonds is 6. The van der Waals surface area contributed by atoms with E-state index in [9.17, 15) is 4.79 Å². The number of benzene rings is 2. The van der Waals surface area contributed by atoms with Crippen molar-refractivity contribution < 1.29 is 40.6 Å². The zero-order chi connectivity index (χ0) is 19.7. The molecule has 2 aromatic heterocycles. The van der Waals surface area contributed by atoms with Crippen molar-refractivity contribution in [3.8, 4) is 17.2 Å². The molecule has 7 heteroatoms. The van der Waals surface area contributed by atoms with Crippen LogP contribution in [-0.2, 0) is 6.54 Å². The standard InChI is InChI=1S/C22H20N2O4.BrH/c1-26-20-10-14(11-21(27-2)22(20)28-3)19(25)13-24-9-8-16-15-6-4-5-7-17(15)23-18(16)12-24;/h4-12H,13H2,1-3H3;1H. The lowest BCUT2D eigenvalue weighted by molar-refractivity contribution is -0.681. The van der Waals surface area contributed by atoms with Gasteiger partial charge < -0.3 is 36.2 Å². The van der Waals surface area contributed by atoms with E-state index in [-0.39, 0.29) is 29.3 Å². The number of nitrogens with one attached hydrogen (secondary N) is 1. The van der Waals surface area contributed by atoms with Crippen molar-refractivity contribution >= 4 is 27.6 Å². The van der Waals surface area contributed by atoms with Gasteiger partial charge in [-0.1, -0.05) is 18.2 Å². The van der Waals surface area contributed by atoms with Crippen LogP contribution in [0.5, 0.6) is 17.2 Å². The molecule has 0 unspecified atom stereocenters. The first-order valence-corrected chi connectivity index (χ1v) is 8.87. The van der Waals surface area contributed by atoms with Crippen LogP contribution in [0.2, 0.25) is 0 Å². The Kier molecular flexibility index (Phi) is 6.08. The van der Waals surface area contributed by atoms with Crippen LogP contribution >= 0.6 is 0 Å². The van der Waals surface area contributed by atoms with Gasteiger partial charge in [-0.3, -0.25) is 4.79 Å². The molecule has 0 saturated heterocycles. The lowest BCUT2D eigenvalue weighted by atomic mass is 10.1. The van der Waals surface area contributed by atoms with Gasteiger partial charge in [-0.25, -0.2) is 0 Å². The van der Waals surface area contributed by atoms with Crippen LogP contribution in [0.15, 0.2) is 54.9 Å². The van der Waals surface area contributed by atoms with Gasteiger partial charge in [-0.2, -0.15) is 4.57 Å². The van der Waals surface area contributed by atoms with Crippen molar-refractivity contribution in [3.05, 3.63) is 60.4 Å². The summed E-state index contributed by atoms with van der Waals surface area (Å²) in [6.45, 7) is 0.198. The topological polar surface area (TPSA) is 64.4 Å². The second-order valence-corrected chi connectivity index (χ2v) is 6.45. The van der Waals surface area contributed by atoms with Crippen LogP contribution in [0.4, 0.5) is 0 Å². The molecule has 0 radical (unpaired) electrons. The lowest BCUT2D eigenvalue weighted by Gasteiger charge is -2.13. The molecule has 0 fully saturated rings. The molecule has 0 bridgehead atoms. The molecule has 4 rings (SSSR count). The third kappa shape index (κ3) is 3.78. The highest BCUT2D eigenvalue weighted by Crippen LogP contribution is 2.38. The van der Waals surface area contributed by atoms with E-state index in [0.717, 1.165) is 16.4 Å². The van der Waals surface area contributed by atoms with E-state index >= 15 is 0 Å². The average molecular weight is 457 g/mol. The molecule has 6 nitrogen and oxygen atoms in total. The SMILES string of the molecule is COc1cc(C(=O)C[n+]2ccc3c(c2)[nH]c2ccccc23)cc(OC)c1OC.[Br-]. The molecule has 4 aromatic rings. The van der Waals surface area contributed by atoms with Gasteiger partial charge in [-0.05, 0) is 18.2 Å². The number of Topliss-reactive ketones (excluding diaryl/α,β-unsaturated/α-hetero) is 1. The van der Waals surface area contributed by atoms with E-state index in [1.807, 2.05) is 41.2 Å². The number of ether oxygens (including phenoxy) is 3. The fraction of sp³-hybridized carbons (Fsp3) is 0.182. The highest BCUT2D eigenvalue weighted by molar-refractivity contribution is 6.06. The number of aromatic nitrogens is 2. The van der Waals surface area contributed by atoms with E-state index in [0.29, 0.717) is 22.8 Å². The Morgan fingerprint density at radius 3 is 2.24 bits per heavy atom. The molecule has 0 aliphatic rings. The molecule has 0 aliphatic heterocycles. The van der Waals surface area contributed by atoms with Crippen LogP contribution in [-0.4, -0.2) is 32.1 Å². The van der Waals surface area contributed by atoms with E-state index in [1.165, 1.54) is 26.7 Å². The van der Waals surface area contributed by atoms with Gasteiger partial charge >= 0.3 is 0 Å². The van der Waals surface area contributed by atoms with Crippen LogP contribution in [0.3, 0.4) is 0 Å². The van der Waals surface area contributed by atoms with Gasteiger partial charge in [0.05, 0.1) is 21.3 Å². The van der Waals surface area contributed by atoms with Crippen LogP contribution in [0.1, 0.15) is 10.4 Å². The molecule has 150 valence electrons. The number of hydrogen-bond donors (Lipinski definition) is 1. The van der Waals surface area contributed by atoms with Crippen LogP contribution in [0.25, 0.3) is 21.8 Å². The molecule has 2 aromatic carbocycles. The second kappa shape index (κ2) is 8.53. The van der Waals surface area contributed by atoms with Crippen molar-refractivity contribution in [2.24, 2.45) is 0 Å². The first-order chi connectivity index (χ1) is 13.6. The minimum absolute atomic E-state index is 0. The normalized spacial score (nSPS) is 10.6. The number of aromatic amines is 1. The molecule has 0 saturated carbocycles. The monoisotopic (exact) mass is 456 g/mol. The molecule has 2 heterocycles. The van der Waals surface area contributed by atoms with E-state index in [4.69, 9.17) is 14.2 Å². The summed E-state index contributed by atoms with van der Waals surface area (Å²) in [7, 11) is 4.60. The Balaban J connectivity index is 0.00000240. The van der Waals surface area contributed by atoms with Gasteiger partial charge in [-0.15, -0.1) is 0 Å². The second-order valence-electron chi connectivity index (χ2n) is 6.45. The van der Waals surface area contributed by atoms with Crippen molar-refractivity contribution in [2.45, 2.75) is 6.54 Å². The quantitative estimate of drug-likeness (QED) is 0.339. The number of carbonyl (C=O) groups excluding carboxylic acids is 1. The number of H-pyrrole nitrogens is 1. The third-order valence-electron chi connectivity index (χ3n) is 4.82. The first-order valence-electron chi connectivity index (χ1n) is 8.87. The zero-order valence-corrected chi connectivity index (χ0v) is 17.9. The summed E-state index contributed by atoms with van der Waals surface area (Å²) in [6, 6.07) is 13.5. The number of para-hydroxylation sites is 1. The van der Waals surface area contributed by atoms with Gasteiger partial charge in [0.1, 0.15) is 5.52 Å². The summed E-state index contributed by atoms with van der Waals surface area (Å²) >= 11 is 0. The fourth-order valence-corrected chi connectivity index (χ4v) is 3.44. The molecule has 0 atom stereocenters. The summed E-state index contributed by atoms with van der Waals surface area (Å²) in [5, 5.41) is 2.30. The maximum absolute atomic E-state index is 12.9. The highest BCUT2D eigenvalue weighted by atomic mass is 79.9. The number of fused-ring (bicyclic) bond motifs is 3. The van der Waals surface area contributed by atoms with Gasteiger partial charge in [0, 0.05) is 27.9 Å². The van der Waals surface area contributed by atoms with Gasteiger partial charge in [0.15, 0.2) is 23.9 Å². The predicted molar refractivity (Wildman–Crippen MR) is 106 cm³/mol. The van der Waals surface area contributed by atoms with Gasteiger partial charge in [0.2, 0.25) is 18.1 Å². The Morgan fingerprint density at radius 2 is 1.59 bits per heavy atom. The molecular formula is C22H21BrN2O4. The highest BCUT2D eigenvalue weighted by Gasteiger charge is 2.20. The van der Waals surface area contributed by atoms with Crippen LogP contribution in [0, 0.1) is 0 Å². The first kappa shape index (κ1) is 20.7. The molecule has 0 amide bonds. The van der Waals surface area contributed by atoms with Gasteiger partial charge in [0.25, 0.3) is 0 Å². The molecule has 0 aliphatic carbocycles. The zero-order valence-electron chi connectivity index (χ0n) is 16.4. The minimum atomic E-state index is -0.0558. The molecule has 1 N–H and O–H groups in total. The number of hydrogen-bond acceptors (Lipinski definition) is 4. The van der Waals surface area contributed by atoms with E-state index < -0.39 is 0 Å². The number of ketones is 1. The van der Waals surface area contributed by atoms with E-state index in [1.54, 1.807) is 12.1 Å². The summed E-state index contributed by atoms with van der Waals surface area (Å²) < 4.78 is 17.9. The number of nitrogens with zero attached hydrogens (tertiary/aromatic N) is 1. The summed E-state index contributed by atoms with van der Waals surface area (Å²) in [6.07, 6.45) is 3.86. The predicted octanol–water partition coefficient (Wildman–Crippen LogP) is 0.521. The molecular weight excluding hydrogens is 436 g/mol. The lowest BCUT2D eigenvalue weighted by Crippen LogP contribution is -3.00. The number of pyridine rings is 1. The average Bonchev–Trinajstić information content (AvgIpc) is 3.10. The van der Waals surface area contributed by atoms with Crippen molar-refractivity contribution in [1.82, 2.24) is 4.98 Å². The Hall–Kier alpha value is -3.06. The number of halogens is 1. The molecule has 29 heavy (non-hydrogen) atoms. The summed E-state index contributed by atoms with van der Waals surface area (Å²) in [5.74, 6) is 1.33.